The van der Waals surface area contributed by atoms with E-state index in [9.17, 15) is 9.59 Å². The van der Waals surface area contributed by atoms with Gasteiger partial charge in [0.05, 0.1) is 28.2 Å². The van der Waals surface area contributed by atoms with Crippen LogP contribution in [0.3, 0.4) is 0 Å². The molecule has 2 aromatic heterocycles. The number of urea groups is 1. The van der Waals surface area contributed by atoms with Crippen LogP contribution in [0, 0.1) is 6.92 Å². The quantitative estimate of drug-likeness (QED) is 0.543. The van der Waals surface area contributed by atoms with Crippen molar-refractivity contribution in [3.05, 3.63) is 53.7 Å². The zero-order valence-electron chi connectivity index (χ0n) is 16.5. The van der Waals surface area contributed by atoms with Crippen molar-refractivity contribution in [3.63, 3.8) is 0 Å². The summed E-state index contributed by atoms with van der Waals surface area (Å²) < 4.78 is 2.03. The molecule has 2 amide bonds. The number of carbonyl (C=O) groups is 2. The molecule has 3 N–H and O–H groups in total. The molecule has 29 heavy (non-hydrogen) atoms. The van der Waals surface area contributed by atoms with Crippen LogP contribution in [0.4, 0.5) is 9.93 Å². The van der Waals surface area contributed by atoms with Gasteiger partial charge in [-0.3, -0.25) is 5.32 Å². The number of carboxylic acid groups (broad SMARTS) is 1. The molecule has 0 bridgehead atoms. The molecule has 0 fully saturated rings. The van der Waals surface area contributed by atoms with Crippen LogP contribution in [0.2, 0.25) is 0 Å². The molecule has 3 aromatic rings. The van der Waals surface area contributed by atoms with Crippen LogP contribution < -0.4 is 10.6 Å². The van der Waals surface area contributed by atoms with Gasteiger partial charge in [-0.05, 0) is 38.5 Å². The maximum atomic E-state index is 12.1. The summed E-state index contributed by atoms with van der Waals surface area (Å²) >= 11 is 1.35. The Balaban J connectivity index is 1.55. The smallest absolute Gasteiger partial charge is 0.335 e. The van der Waals surface area contributed by atoms with Gasteiger partial charge in [0.15, 0.2) is 5.13 Å². The number of hydrogen-bond acceptors (Lipinski definition) is 5. The predicted octanol–water partition coefficient (Wildman–Crippen LogP) is 3.96. The first-order valence-corrected chi connectivity index (χ1v) is 10.0. The van der Waals surface area contributed by atoms with E-state index in [1.807, 2.05) is 17.7 Å². The fourth-order valence-electron chi connectivity index (χ4n) is 2.72. The Morgan fingerprint density at radius 3 is 2.59 bits per heavy atom. The van der Waals surface area contributed by atoms with Crippen LogP contribution in [0.15, 0.2) is 36.8 Å². The number of carboxylic acids is 1. The molecule has 152 valence electrons. The molecule has 0 atom stereocenters. The van der Waals surface area contributed by atoms with Gasteiger partial charge in [0.1, 0.15) is 0 Å². The summed E-state index contributed by atoms with van der Waals surface area (Å²) in [4.78, 5) is 32.7. The Morgan fingerprint density at radius 1 is 1.24 bits per heavy atom. The minimum absolute atomic E-state index is 0.229. The summed E-state index contributed by atoms with van der Waals surface area (Å²) in [6.45, 7) is 6.49. The fraction of sp³-hybridized carbons (Fsp3) is 0.300. The maximum absolute atomic E-state index is 12.1. The standard InChI is InChI=1S/C20H23N5O3S/c1-12(2)25-10-16(22-11-25)8-9-21-19(28)24-20-23-13(3)17(29-20)14-4-6-15(7-5-14)18(26)27/h4-7,10-12H,8-9H2,1-3H3,(H,26,27)(H2,21,23,24,28). The third kappa shape index (κ3) is 5.20. The highest BCUT2D eigenvalue weighted by Gasteiger charge is 2.13. The number of thiazole rings is 1. The summed E-state index contributed by atoms with van der Waals surface area (Å²) in [5.74, 6) is -0.965. The zero-order valence-corrected chi connectivity index (χ0v) is 17.3. The van der Waals surface area contributed by atoms with E-state index in [0.717, 1.165) is 21.8 Å². The molecule has 1 aromatic carbocycles. The SMILES string of the molecule is Cc1nc(NC(=O)NCCc2cn(C(C)C)cn2)sc1-c1ccc(C(=O)O)cc1. The van der Waals surface area contributed by atoms with Gasteiger partial charge in [-0.25, -0.2) is 19.6 Å². The van der Waals surface area contributed by atoms with Gasteiger partial charge in [0.25, 0.3) is 0 Å². The van der Waals surface area contributed by atoms with E-state index < -0.39 is 5.97 Å². The van der Waals surface area contributed by atoms with Crippen molar-refractivity contribution in [1.29, 1.82) is 0 Å². The van der Waals surface area contributed by atoms with Gasteiger partial charge in [-0.15, -0.1) is 0 Å². The number of hydrogen-bond donors (Lipinski definition) is 3. The number of benzene rings is 1. The van der Waals surface area contributed by atoms with Crippen molar-refractivity contribution in [2.24, 2.45) is 0 Å². The van der Waals surface area contributed by atoms with Crippen LogP contribution in [0.25, 0.3) is 10.4 Å². The Labute approximate surface area is 172 Å². The van der Waals surface area contributed by atoms with Gasteiger partial charge >= 0.3 is 12.0 Å². The van der Waals surface area contributed by atoms with E-state index in [0.29, 0.717) is 24.1 Å². The number of amides is 2. The summed E-state index contributed by atoms with van der Waals surface area (Å²) in [7, 11) is 0. The highest BCUT2D eigenvalue weighted by Crippen LogP contribution is 2.32. The molecular formula is C20H23N5O3S. The van der Waals surface area contributed by atoms with Crippen molar-refractivity contribution in [2.75, 3.05) is 11.9 Å². The number of imidazole rings is 1. The van der Waals surface area contributed by atoms with Crippen LogP contribution in [-0.4, -0.2) is 38.2 Å². The Morgan fingerprint density at radius 2 is 1.97 bits per heavy atom. The van der Waals surface area contributed by atoms with E-state index in [1.54, 1.807) is 30.6 Å². The lowest BCUT2D eigenvalue weighted by Crippen LogP contribution is -2.30. The molecule has 0 aliphatic rings. The molecule has 9 heteroatoms. The first-order valence-electron chi connectivity index (χ1n) is 9.22. The lowest BCUT2D eigenvalue weighted by atomic mass is 10.1. The number of aryl methyl sites for hydroxylation is 1. The number of aromatic carboxylic acids is 1. The number of nitrogens with zero attached hydrogens (tertiary/aromatic N) is 3. The van der Waals surface area contributed by atoms with Gasteiger partial charge in [0, 0.05) is 25.2 Å². The Bertz CT molecular complexity index is 1010. The van der Waals surface area contributed by atoms with E-state index in [4.69, 9.17) is 5.11 Å². The van der Waals surface area contributed by atoms with Gasteiger partial charge in [-0.2, -0.15) is 0 Å². The van der Waals surface area contributed by atoms with Crippen molar-refractivity contribution in [2.45, 2.75) is 33.2 Å². The second-order valence-electron chi connectivity index (χ2n) is 6.85. The number of anilines is 1. The number of aromatic nitrogens is 3. The Hall–Kier alpha value is -3.20. The normalized spacial score (nSPS) is 10.9. The molecule has 2 heterocycles. The second kappa shape index (κ2) is 8.87. The van der Waals surface area contributed by atoms with Crippen LogP contribution in [-0.2, 0) is 6.42 Å². The first-order chi connectivity index (χ1) is 13.8. The van der Waals surface area contributed by atoms with Crippen molar-refractivity contribution < 1.29 is 14.7 Å². The summed E-state index contributed by atoms with van der Waals surface area (Å²) in [5.41, 5.74) is 2.79. The van der Waals surface area contributed by atoms with Crippen molar-refractivity contribution >= 4 is 28.5 Å². The van der Waals surface area contributed by atoms with Crippen molar-refractivity contribution in [1.82, 2.24) is 19.9 Å². The molecular weight excluding hydrogens is 390 g/mol. The highest BCUT2D eigenvalue weighted by molar-refractivity contribution is 7.19. The van der Waals surface area contributed by atoms with E-state index in [1.165, 1.54) is 11.3 Å². The zero-order chi connectivity index (χ0) is 21.0. The minimum Gasteiger partial charge on any atom is -0.478 e. The third-order valence-corrected chi connectivity index (χ3v) is 5.45. The van der Waals surface area contributed by atoms with E-state index >= 15 is 0 Å². The molecule has 0 unspecified atom stereocenters. The third-order valence-electron chi connectivity index (χ3n) is 4.33. The largest absolute Gasteiger partial charge is 0.478 e. The fourth-order valence-corrected chi connectivity index (χ4v) is 3.69. The lowest BCUT2D eigenvalue weighted by molar-refractivity contribution is 0.0697. The average Bonchev–Trinajstić information content (AvgIpc) is 3.28. The maximum Gasteiger partial charge on any atom is 0.335 e. The van der Waals surface area contributed by atoms with Crippen LogP contribution >= 0.6 is 11.3 Å². The highest BCUT2D eigenvalue weighted by atomic mass is 32.1. The number of rotatable bonds is 7. The molecule has 0 aliphatic heterocycles. The van der Waals surface area contributed by atoms with Gasteiger partial charge in [0.2, 0.25) is 0 Å². The number of carbonyl (C=O) groups excluding carboxylic acids is 1. The van der Waals surface area contributed by atoms with E-state index in [-0.39, 0.29) is 11.6 Å². The summed E-state index contributed by atoms with van der Waals surface area (Å²) in [6, 6.07) is 6.62. The second-order valence-corrected chi connectivity index (χ2v) is 7.85. The molecule has 0 saturated heterocycles. The Kier molecular flexibility index (Phi) is 6.28. The topological polar surface area (TPSA) is 109 Å². The van der Waals surface area contributed by atoms with Gasteiger partial charge < -0.3 is 15.0 Å². The molecule has 0 aliphatic carbocycles. The summed E-state index contributed by atoms with van der Waals surface area (Å²) in [6.07, 6.45) is 4.42. The average molecular weight is 414 g/mol. The first kappa shape index (κ1) is 20.5. The molecule has 0 radical (unpaired) electrons. The predicted molar refractivity (Wildman–Crippen MR) is 113 cm³/mol. The molecule has 3 rings (SSSR count). The molecule has 0 spiro atoms. The van der Waals surface area contributed by atoms with Crippen LogP contribution in [0.5, 0.6) is 0 Å². The summed E-state index contributed by atoms with van der Waals surface area (Å²) in [5, 5.41) is 15.0. The lowest BCUT2D eigenvalue weighted by Gasteiger charge is -2.05. The minimum atomic E-state index is -0.965. The van der Waals surface area contributed by atoms with Gasteiger partial charge in [-0.1, -0.05) is 23.5 Å². The van der Waals surface area contributed by atoms with Crippen molar-refractivity contribution in [3.8, 4) is 10.4 Å². The molecule has 0 saturated carbocycles. The monoisotopic (exact) mass is 413 g/mol. The number of nitrogens with one attached hydrogen (secondary N) is 2. The molecule has 8 nitrogen and oxygen atoms in total. The van der Waals surface area contributed by atoms with Crippen LogP contribution in [0.1, 0.15) is 41.6 Å². The van der Waals surface area contributed by atoms with E-state index in [2.05, 4.69) is 34.4 Å².